The minimum absolute atomic E-state index is 0.0773. The predicted octanol–water partition coefficient (Wildman–Crippen LogP) is 3.60. The van der Waals surface area contributed by atoms with Crippen LogP contribution in [0, 0.1) is 11.3 Å². The van der Waals surface area contributed by atoms with E-state index in [0.717, 1.165) is 0 Å². The summed E-state index contributed by atoms with van der Waals surface area (Å²) in [5.74, 6) is 0.616. The van der Waals surface area contributed by atoms with Gasteiger partial charge in [0.25, 0.3) is 10.0 Å². The summed E-state index contributed by atoms with van der Waals surface area (Å²) in [5, 5.41) is 10.2. The first-order valence-electron chi connectivity index (χ1n) is 8.58. The number of hydrogen-bond donors (Lipinski definition) is 2. The first-order valence-corrected chi connectivity index (χ1v) is 10.4. The van der Waals surface area contributed by atoms with Crippen LogP contribution in [0.3, 0.4) is 0 Å². The number of nitriles is 1. The van der Waals surface area contributed by atoms with Crippen LogP contribution in [0.1, 0.15) is 11.1 Å². The van der Waals surface area contributed by atoms with Gasteiger partial charge in [-0.15, -0.1) is 4.83 Å². The van der Waals surface area contributed by atoms with Gasteiger partial charge in [0.05, 0.1) is 18.2 Å². The van der Waals surface area contributed by atoms with Crippen molar-refractivity contribution in [2.45, 2.75) is 10.4 Å². The third-order valence-corrected chi connectivity index (χ3v) is 6.14. The molecule has 6 nitrogen and oxygen atoms in total. The van der Waals surface area contributed by atoms with Gasteiger partial charge in [0, 0.05) is 0 Å². The van der Waals surface area contributed by atoms with Crippen LogP contribution in [0.15, 0.2) is 83.8 Å². The SMILES string of the molecule is COc1ccc(C(C#N)(NNS(=O)(=O)c2ccccc2Cl)c2ccccc2)cc1. The van der Waals surface area contributed by atoms with Crippen molar-refractivity contribution in [2.24, 2.45) is 0 Å². The number of hydrogen-bond acceptors (Lipinski definition) is 5. The molecule has 3 aromatic carbocycles. The van der Waals surface area contributed by atoms with E-state index in [-0.39, 0.29) is 9.92 Å². The van der Waals surface area contributed by atoms with E-state index in [1.165, 1.54) is 12.1 Å². The molecule has 0 bridgehead atoms. The molecule has 3 rings (SSSR count). The Kier molecular flexibility index (Phi) is 6.20. The summed E-state index contributed by atoms with van der Waals surface area (Å²) in [4.78, 5) is 2.22. The normalized spacial score (nSPS) is 13.3. The minimum Gasteiger partial charge on any atom is -0.497 e. The summed E-state index contributed by atoms with van der Waals surface area (Å²) >= 11 is 6.03. The van der Waals surface area contributed by atoms with E-state index in [0.29, 0.717) is 16.9 Å². The number of halogens is 1. The van der Waals surface area contributed by atoms with E-state index in [9.17, 15) is 13.7 Å². The maximum atomic E-state index is 12.8. The third kappa shape index (κ3) is 4.26. The lowest BCUT2D eigenvalue weighted by molar-refractivity contribution is 0.413. The molecule has 0 saturated carbocycles. The minimum atomic E-state index is -4.03. The van der Waals surface area contributed by atoms with Gasteiger partial charge in [-0.25, -0.2) is 13.8 Å². The number of hydrazine groups is 1. The van der Waals surface area contributed by atoms with Gasteiger partial charge >= 0.3 is 0 Å². The van der Waals surface area contributed by atoms with Crippen LogP contribution in [-0.4, -0.2) is 15.5 Å². The second kappa shape index (κ2) is 8.64. The predicted molar refractivity (Wildman–Crippen MR) is 111 cm³/mol. The molecule has 0 heterocycles. The molecule has 0 aliphatic heterocycles. The summed E-state index contributed by atoms with van der Waals surface area (Å²) in [6, 6.07) is 23.9. The molecule has 0 aliphatic rings. The molecule has 0 spiro atoms. The average molecular weight is 428 g/mol. The summed E-state index contributed by atoms with van der Waals surface area (Å²) < 4.78 is 30.8. The molecule has 2 N–H and O–H groups in total. The van der Waals surface area contributed by atoms with Gasteiger partial charge in [-0.1, -0.05) is 66.2 Å². The summed E-state index contributed by atoms with van der Waals surface area (Å²) in [7, 11) is -2.49. The van der Waals surface area contributed by atoms with Crippen molar-refractivity contribution in [2.75, 3.05) is 7.11 Å². The lowest BCUT2D eigenvalue weighted by Crippen LogP contribution is -2.52. The van der Waals surface area contributed by atoms with Crippen molar-refractivity contribution >= 4 is 21.6 Å². The first kappa shape index (κ1) is 20.8. The van der Waals surface area contributed by atoms with Gasteiger partial charge < -0.3 is 4.74 Å². The van der Waals surface area contributed by atoms with Crippen molar-refractivity contribution in [1.29, 1.82) is 5.26 Å². The molecule has 8 heteroatoms. The highest BCUT2D eigenvalue weighted by Gasteiger charge is 2.36. The molecule has 0 fully saturated rings. The zero-order chi connectivity index (χ0) is 20.9. The molecule has 0 amide bonds. The van der Waals surface area contributed by atoms with Crippen molar-refractivity contribution in [1.82, 2.24) is 10.3 Å². The average Bonchev–Trinajstić information content (AvgIpc) is 2.76. The topological polar surface area (TPSA) is 91.2 Å². The molecular weight excluding hydrogens is 410 g/mol. The summed E-state index contributed by atoms with van der Waals surface area (Å²) in [5.41, 5.74) is 2.34. The van der Waals surface area contributed by atoms with Crippen molar-refractivity contribution in [3.05, 3.63) is 95.0 Å². The molecule has 3 aromatic rings. The highest BCUT2D eigenvalue weighted by molar-refractivity contribution is 7.89. The fourth-order valence-corrected chi connectivity index (χ4v) is 4.28. The highest BCUT2D eigenvalue weighted by atomic mass is 35.5. The molecule has 0 aromatic heterocycles. The number of benzene rings is 3. The maximum absolute atomic E-state index is 12.8. The second-order valence-electron chi connectivity index (χ2n) is 6.12. The fraction of sp³-hybridized carbons (Fsp3) is 0.0952. The third-order valence-electron chi connectivity index (χ3n) is 4.40. The Labute approximate surface area is 174 Å². The van der Waals surface area contributed by atoms with Crippen LogP contribution in [0.2, 0.25) is 5.02 Å². The van der Waals surface area contributed by atoms with Gasteiger partial charge in [-0.05, 0) is 35.4 Å². The Morgan fingerprint density at radius 1 is 0.931 bits per heavy atom. The Morgan fingerprint density at radius 3 is 2.10 bits per heavy atom. The quantitative estimate of drug-likeness (QED) is 0.562. The van der Waals surface area contributed by atoms with Gasteiger partial charge in [0.2, 0.25) is 0 Å². The Balaban J connectivity index is 2.04. The Hall–Kier alpha value is -2.89. The summed E-state index contributed by atoms with van der Waals surface area (Å²) in [6.07, 6.45) is 0. The standard InChI is InChI=1S/C21H18ClN3O3S/c1-28-18-13-11-17(12-14-18)21(15-23,16-7-3-2-4-8-16)24-25-29(26,27)20-10-6-5-9-19(20)22/h2-14,24-25H,1H3. The molecule has 148 valence electrons. The number of nitrogens with zero attached hydrogens (tertiary/aromatic N) is 1. The van der Waals surface area contributed by atoms with E-state index in [2.05, 4.69) is 16.3 Å². The maximum Gasteiger partial charge on any atom is 0.254 e. The zero-order valence-corrected chi connectivity index (χ0v) is 17.0. The van der Waals surface area contributed by atoms with Gasteiger partial charge in [-0.3, -0.25) is 0 Å². The largest absolute Gasteiger partial charge is 0.497 e. The summed E-state index contributed by atoms with van der Waals surface area (Å²) in [6.45, 7) is 0. The smallest absolute Gasteiger partial charge is 0.254 e. The van der Waals surface area contributed by atoms with Crippen LogP contribution < -0.4 is 15.0 Å². The molecular formula is C21H18ClN3O3S. The second-order valence-corrected chi connectivity index (χ2v) is 8.18. The van der Waals surface area contributed by atoms with E-state index >= 15 is 0 Å². The first-order chi connectivity index (χ1) is 13.9. The van der Waals surface area contributed by atoms with E-state index in [1.54, 1.807) is 67.8 Å². The molecule has 0 saturated heterocycles. The van der Waals surface area contributed by atoms with Crippen LogP contribution in [0.5, 0.6) is 5.75 Å². The monoisotopic (exact) mass is 427 g/mol. The molecule has 1 unspecified atom stereocenters. The molecule has 29 heavy (non-hydrogen) atoms. The van der Waals surface area contributed by atoms with Gasteiger partial charge in [0.1, 0.15) is 10.6 Å². The number of ether oxygens (including phenoxy) is 1. The number of rotatable bonds is 7. The number of methoxy groups -OCH3 is 1. The Bertz CT molecular complexity index is 1130. The van der Waals surface area contributed by atoms with E-state index in [1.807, 2.05) is 6.07 Å². The zero-order valence-electron chi connectivity index (χ0n) is 15.5. The van der Waals surface area contributed by atoms with Crippen molar-refractivity contribution in [3.63, 3.8) is 0 Å². The van der Waals surface area contributed by atoms with E-state index in [4.69, 9.17) is 16.3 Å². The highest BCUT2D eigenvalue weighted by Crippen LogP contribution is 2.30. The van der Waals surface area contributed by atoms with Crippen molar-refractivity contribution < 1.29 is 13.2 Å². The number of sulfonamides is 1. The lowest BCUT2D eigenvalue weighted by atomic mass is 9.85. The fourth-order valence-electron chi connectivity index (χ4n) is 2.86. The van der Waals surface area contributed by atoms with Crippen LogP contribution >= 0.6 is 11.6 Å². The van der Waals surface area contributed by atoms with Crippen molar-refractivity contribution in [3.8, 4) is 11.8 Å². The van der Waals surface area contributed by atoms with Crippen LogP contribution in [-0.2, 0) is 15.6 Å². The van der Waals surface area contributed by atoms with Gasteiger partial charge in [-0.2, -0.15) is 5.26 Å². The number of nitrogens with one attached hydrogen (secondary N) is 2. The van der Waals surface area contributed by atoms with Crippen LogP contribution in [0.4, 0.5) is 0 Å². The van der Waals surface area contributed by atoms with Gasteiger partial charge in [0.15, 0.2) is 5.54 Å². The molecule has 0 aliphatic carbocycles. The van der Waals surface area contributed by atoms with Crippen LogP contribution in [0.25, 0.3) is 0 Å². The molecule has 0 radical (unpaired) electrons. The Morgan fingerprint density at radius 2 is 1.52 bits per heavy atom. The molecule has 1 atom stereocenters. The lowest BCUT2D eigenvalue weighted by Gasteiger charge is -2.29. The van der Waals surface area contributed by atoms with E-state index < -0.39 is 15.6 Å².